The summed E-state index contributed by atoms with van der Waals surface area (Å²) in [6, 6.07) is 4.19. The Bertz CT molecular complexity index is 327. The van der Waals surface area contributed by atoms with Crippen molar-refractivity contribution in [3.05, 3.63) is 29.6 Å². The van der Waals surface area contributed by atoms with Crippen molar-refractivity contribution >= 4 is 0 Å². The van der Waals surface area contributed by atoms with Gasteiger partial charge in [0.15, 0.2) is 0 Å². The highest BCUT2D eigenvalue weighted by atomic mass is 16.3. The SMILES string of the molecule is CC(C)(O)CCc1ccc(C(C)(C)C)cn1. The molecule has 0 saturated heterocycles. The number of aliphatic hydroxyl groups is 1. The topological polar surface area (TPSA) is 33.1 Å². The minimum Gasteiger partial charge on any atom is -0.390 e. The maximum absolute atomic E-state index is 9.64. The van der Waals surface area contributed by atoms with Crippen molar-refractivity contribution in [1.82, 2.24) is 4.98 Å². The molecule has 1 aromatic rings. The highest BCUT2D eigenvalue weighted by Crippen LogP contribution is 2.21. The molecule has 0 fully saturated rings. The van der Waals surface area contributed by atoms with E-state index in [0.717, 1.165) is 18.5 Å². The highest BCUT2D eigenvalue weighted by molar-refractivity contribution is 5.21. The van der Waals surface area contributed by atoms with Crippen LogP contribution in [0.4, 0.5) is 0 Å². The van der Waals surface area contributed by atoms with E-state index in [1.807, 2.05) is 20.0 Å². The molecule has 0 aliphatic heterocycles. The third-order valence-corrected chi connectivity index (χ3v) is 2.68. The second-order valence-corrected chi connectivity index (χ2v) is 6.10. The standard InChI is InChI=1S/C14H23NO/c1-13(2,3)11-6-7-12(15-10-11)8-9-14(4,5)16/h6-7,10,16H,8-9H2,1-5H3. The van der Waals surface area contributed by atoms with Gasteiger partial charge in [-0.2, -0.15) is 0 Å². The minimum absolute atomic E-state index is 0.155. The van der Waals surface area contributed by atoms with E-state index < -0.39 is 5.60 Å². The Labute approximate surface area is 98.7 Å². The fourth-order valence-corrected chi connectivity index (χ4v) is 1.45. The summed E-state index contributed by atoms with van der Waals surface area (Å²) < 4.78 is 0. The molecule has 1 rings (SSSR count). The van der Waals surface area contributed by atoms with E-state index in [-0.39, 0.29) is 5.41 Å². The Morgan fingerprint density at radius 3 is 2.12 bits per heavy atom. The fraction of sp³-hybridized carbons (Fsp3) is 0.643. The van der Waals surface area contributed by atoms with Crippen LogP contribution < -0.4 is 0 Å². The summed E-state index contributed by atoms with van der Waals surface area (Å²) in [7, 11) is 0. The van der Waals surface area contributed by atoms with Gasteiger partial charge in [-0.1, -0.05) is 26.8 Å². The van der Waals surface area contributed by atoms with Gasteiger partial charge in [-0.25, -0.2) is 0 Å². The number of hydrogen-bond donors (Lipinski definition) is 1. The van der Waals surface area contributed by atoms with Crippen molar-refractivity contribution in [2.24, 2.45) is 0 Å². The summed E-state index contributed by atoms with van der Waals surface area (Å²) >= 11 is 0. The number of rotatable bonds is 3. The molecule has 0 bridgehead atoms. The van der Waals surface area contributed by atoms with E-state index in [4.69, 9.17) is 0 Å². The third kappa shape index (κ3) is 4.31. The smallest absolute Gasteiger partial charge is 0.0595 e. The molecule has 1 aromatic heterocycles. The van der Waals surface area contributed by atoms with E-state index in [0.29, 0.717) is 0 Å². The van der Waals surface area contributed by atoms with Crippen LogP contribution in [0.1, 0.15) is 52.3 Å². The van der Waals surface area contributed by atoms with E-state index in [9.17, 15) is 5.11 Å². The van der Waals surface area contributed by atoms with Crippen LogP contribution in [0.15, 0.2) is 18.3 Å². The first-order valence-corrected chi connectivity index (χ1v) is 5.86. The lowest BCUT2D eigenvalue weighted by atomic mass is 9.88. The molecule has 0 saturated carbocycles. The number of aromatic nitrogens is 1. The molecule has 16 heavy (non-hydrogen) atoms. The van der Waals surface area contributed by atoms with Crippen molar-refractivity contribution in [2.75, 3.05) is 0 Å². The van der Waals surface area contributed by atoms with Gasteiger partial charge >= 0.3 is 0 Å². The van der Waals surface area contributed by atoms with Crippen LogP contribution in [0.5, 0.6) is 0 Å². The summed E-state index contributed by atoms with van der Waals surface area (Å²) in [5.74, 6) is 0. The van der Waals surface area contributed by atoms with Gasteiger partial charge in [0.25, 0.3) is 0 Å². The molecule has 1 heterocycles. The number of hydrogen-bond acceptors (Lipinski definition) is 2. The highest BCUT2D eigenvalue weighted by Gasteiger charge is 2.15. The number of pyridine rings is 1. The molecule has 0 radical (unpaired) electrons. The molecular formula is C14H23NO. The molecule has 0 unspecified atom stereocenters. The van der Waals surface area contributed by atoms with Gasteiger partial charge in [-0.3, -0.25) is 4.98 Å². The van der Waals surface area contributed by atoms with E-state index in [1.165, 1.54) is 5.56 Å². The molecule has 2 nitrogen and oxygen atoms in total. The van der Waals surface area contributed by atoms with E-state index in [1.54, 1.807) is 0 Å². The average molecular weight is 221 g/mol. The lowest BCUT2D eigenvalue weighted by molar-refractivity contribution is 0.0711. The number of aryl methyl sites for hydroxylation is 1. The van der Waals surface area contributed by atoms with Gasteiger partial charge in [-0.15, -0.1) is 0 Å². The van der Waals surface area contributed by atoms with Crippen molar-refractivity contribution in [3.8, 4) is 0 Å². The first kappa shape index (κ1) is 13.2. The molecule has 0 amide bonds. The molecule has 1 N–H and O–H groups in total. The van der Waals surface area contributed by atoms with E-state index in [2.05, 4.69) is 37.9 Å². The lowest BCUT2D eigenvalue weighted by Crippen LogP contribution is -2.19. The van der Waals surface area contributed by atoms with Gasteiger partial charge in [0.2, 0.25) is 0 Å². The van der Waals surface area contributed by atoms with Crippen LogP contribution in [-0.4, -0.2) is 15.7 Å². The second kappa shape index (κ2) is 4.54. The molecule has 2 heteroatoms. The maximum Gasteiger partial charge on any atom is 0.0595 e. The molecule has 0 spiro atoms. The Balaban J connectivity index is 2.66. The van der Waals surface area contributed by atoms with Gasteiger partial charge in [0.05, 0.1) is 5.60 Å². The Hall–Kier alpha value is -0.890. The minimum atomic E-state index is -0.607. The molecule has 0 aromatic carbocycles. The van der Waals surface area contributed by atoms with Crippen molar-refractivity contribution in [3.63, 3.8) is 0 Å². The Kier molecular flexibility index (Phi) is 3.74. The van der Waals surface area contributed by atoms with Gasteiger partial charge < -0.3 is 5.11 Å². The van der Waals surface area contributed by atoms with Crippen LogP contribution in [0.2, 0.25) is 0 Å². The van der Waals surface area contributed by atoms with Crippen molar-refractivity contribution < 1.29 is 5.11 Å². The van der Waals surface area contributed by atoms with Gasteiger partial charge in [0, 0.05) is 11.9 Å². The van der Waals surface area contributed by atoms with Crippen LogP contribution in [0.25, 0.3) is 0 Å². The first-order valence-electron chi connectivity index (χ1n) is 5.86. The summed E-state index contributed by atoms with van der Waals surface area (Å²) in [5.41, 5.74) is 1.85. The molecule has 0 aliphatic rings. The zero-order chi connectivity index (χ0) is 12.4. The van der Waals surface area contributed by atoms with Crippen LogP contribution in [0, 0.1) is 0 Å². The number of nitrogens with zero attached hydrogens (tertiary/aromatic N) is 1. The van der Waals surface area contributed by atoms with E-state index >= 15 is 0 Å². The van der Waals surface area contributed by atoms with Crippen molar-refractivity contribution in [1.29, 1.82) is 0 Å². The lowest BCUT2D eigenvalue weighted by Gasteiger charge is -2.19. The zero-order valence-corrected chi connectivity index (χ0v) is 11.0. The molecule has 0 atom stereocenters. The average Bonchev–Trinajstić information content (AvgIpc) is 2.13. The normalized spacial score (nSPS) is 12.9. The quantitative estimate of drug-likeness (QED) is 0.851. The third-order valence-electron chi connectivity index (χ3n) is 2.68. The summed E-state index contributed by atoms with van der Waals surface area (Å²) in [4.78, 5) is 4.44. The summed E-state index contributed by atoms with van der Waals surface area (Å²) in [5, 5.41) is 9.64. The summed E-state index contributed by atoms with van der Waals surface area (Å²) in [6.45, 7) is 10.2. The Morgan fingerprint density at radius 1 is 1.12 bits per heavy atom. The Morgan fingerprint density at radius 2 is 1.75 bits per heavy atom. The fourth-order valence-electron chi connectivity index (χ4n) is 1.45. The monoisotopic (exact) mass is 221 g/mol. The second-order valence-electron chi connectivity index (χ2n) is 6.10. The molecule has 0 aliphatic carbocycles. The summed E-state index contributed by atoms with van der Waals surface area (Å²) in [6.07, 6.45) is 3.52. The van der Waals surface area contributed by atoms with Crippen LogP contribution in [-0.2, 0) is 11.8 Å². The van der Waals surface area contributed by atoms with Gasteiger partial charge in [0.1, 0.15) is 0 Å². The molecular weight excluding hydrogens is 198 g/mol. The van der Waals surface area contributed by atoms with Gasteiger partial charge in [-0.05, 0) is 43.7 Å². The largest absolute Gasteiger partial charge is 0.390 e. The predicted molar refractivity (Wildman–Crippen MR) is 67.6 cm³/mol. The predicted octanol–water partition coefficient (Wildman–Crippen LogP) is 3.08. The van der Waals surface area contributed by atoms with Crippen LogP contribution >= 0.6 is 0 Å². The van der Waals surface area contributed by atoms with Crippen molar-refractivity contribution in [2.45, 2.75) is 58.5 Å². The van der Waals surface area contributed by atoms with Crippen LogP contribution in [0.3, 0.4) is 0 Å². The first-order chi connectivity index (χ1) is 7.18. The zero-order valence-electron chi connectivity index (χ0n) is 11.0. The molecule has 90 valence electrons. The maximum atomic E-state index is 9.64.